The van der Waals surface area contributed by atoms with E-state index in [9.17, 15) is 9.59 Å². The Balaban J connectivity index is 0.00000529. The lowest BCUT2D eigenvalue weighted by molar-refractivity contribution is -0.153. The summed E-state index contributed by atoms with van der Waals surface area (Å²) in [5, 5.41) is -0.313. The van der Waals surface area contributed by atoms with Gasteiger partial charge in [0.25, 0.3) is 0 Å². The molecule has 1 rings (SSSR count). The number of aryl methyl sites for hydroxylation is 1. The largest absolute Gasteiger partial charge is 0.466 e. The van der Waals surface area contributed by atoms with Gasteiger partial charge in [-0.3, -0.25) is 9.79 Å². The van der Waals surface area contributed by atoms with E-state index in [0.717, 1.165) is 47.7 Å². The van der Waals surface area contributed by atoms with Gasteiger partial charge < -0.3 is 14.4 Å². The van der Waals surface area contributed by atoms with Crippen LogP contribution in [-0.4, -0.2) is 54.2 Å². The molecular formula is C27H44N2O4S. The number of methoxy groups -OCH3 is 1. The number of esters is 2. The summed E-state index contributed by atoms with van der Waals surface area (Å²) in [7, 11) is 3.11. The van der Waals surface area contributed by atoms with E-state index >= 15 is 0 Å². The molecule has 0 heterocycles. The lowest BCUT2D eigenvalue weighted by Gasteiger charge is -2.24. The van der Waals surface area contributed by atoms with Gasteiger partial charge in [0.1, 0.15) is 16.7 Å². The van der Waals surface area contributed by atoms with Crippen LogP contribution in [0.25, 0.3) is 0 Å². The first-order chi connectivity index (χ1) is 16.0. The standard InChI is InChI=1S/C25H38N2O4S.C2H6/c1-9-10-11-15-27(16-14-22(28)30-8)23(26-7)21-13-12-20(17-18(21)2)32-19(3)24(29)31-25(4,5)6;1-2/h12-14,16-17,19H,9-11,15H2,1-8H3;1-2H3/b16-14+,26-23?;. The lowest BCUT2D eigenvalue weighted by atomic mass is 10.1. The molecule has 192 valence electrons. The molecule has 0 fully saturated rings. The van der Waals surface area contributed by atoms with Crippen LogP contribution >= 0.6 is 11.8 Å². The minimum Gasteiger partial charge on any atom is -0.466 e. The van der Waals surface area contributed by atoms with Gasteiger partial charge in [0.15, 0.2) is 0 Å². The minimum atomic E-state index is -0.503. The minimum absolute atomic E-state index is 0.227. The third-order valence-electron chi connectivity index (χ3n) is 4.57. The van der Waals surface area contributed by atoms with Gasteiger partial charge in [-0.1, -0.05) is 33.6 Å². The zero-order valence-corrected chi connectivity index (χ0v) is 23.5. The van der Waals surface area contributed by atoms with E-state index < -0.39 is 11.6 Å². The summed E-state index contributed by atoms with van der Waals surface area (Å²) in [6, 6.07) is 6.06. The molecule has 0 radical (unpaired) electrons. The molecule has 1 aromatic rings. The van der Waals surface area contributed by atoms with Crippen LogP contribution in [0, 0.1) is 6.92 Å². The number of thioether (sulfide) groups is 1. The van der Waals surface area contributed by atoms with Crippen LogP contribution in [0.3, 0.4) is 0 Å². The lowest BCUT2D eigenvalue weighted by Crippen LogP contribution is -2.29. The summed E-state index contributed by atoms with van der Waals surface area (Å²) >= 11 is 1.47. The summed E-state index contributed by atoms with van der Waals surface area (Å²) in [6.45, 7) is 16.4. The highest BCUT2D eigenvalue weighted by Gasteiger charge is 2.23. The first-order valence-corrected chi connectivity index (χ1v) is 12.9. The summed E-state index contributed by atoms with van der Waals surface area (Å²) in [5.74, 6) is 0.158. The number of amidine groups is 1. The molecular weight excluding hydrogens is 448 g/mol. The predicted octanol–water partition coefficient (Wildman–Crippen LogP) is 6.40. The maximum Gasteiger partial charge on any atom is 0.331 e. The zero-order valence-electron chi connectivity index (χ0n) is 22.7. The van der Waals surface area contributed by atoms with Gasteiger partial charge in [-0.15, -0.1) is 11.8 Å². The van der Waals surface area contributed by atoms with E-state index in [0.29, 0.717) is 0 Å². The smallest absolute Gasteiger partial charge is 0.331 e. The highest BCUT2D eigenvalue weighted by molar-refractivity contribution is 8.00. The van der Waals surface area contributed by atoms with Gasteiger partial charge in [0.2, 0.25) is 0 Å². The van der Waals surface area contributed by atoms with Crippen LogP contribution in [0.5, 0.6) is 0 Å². The van der Waals surface area contributed by atoms with E-state index in [1.165, 1.54) is 24.9 Å². The Bertz CT molecular complexity index is 828. The molecule has 0 aliphatic heterocycles. The van der Waals surface area contributed by atoms with Gasteiger partial charge >= 0.3 is 11.9 Å². The number of rotatable bonds is 10. The van der Waals surface area contributed by atoms with Crippen molar-refractivity contribution in [3.8, 4) is 0 Å². The average Bonchev–Trinajstić information content (AvgIpc) is 2.78. The maximum atomic E-state index is 12.3. The zero-order chi connectivity index (χ0) is 26.3. The van der Waals surface area contributed by atoms with Crippen molar-refractivity contribution in [2.24, 2.45) is 4.99 Å². The van der Waals surface area contributed by atoms with Crippen molar-refractivity contribution in [3.63, 3.8) is 0 Å². The second kappa shape index (κ2) is 16.4. The fraction of sp³-hybridized carbons (Fsp3) is 0.593. The Kier molecular flexibility index (Phi) is 15.3. The molecule has 34 heavy (non-hydrogen) atoms. The topological polar surface area (TPSA) is 68.2 Å². The second-order valence-electron chi connectivity index (χ2n) is 8.56. The number of benzene rings is 1. The molecule has 6 nitrogen and oxygen atoms in total. The molecule has 0 N–H and O–H groups in total. The Morgan fingerprint density at radius 2 is 1.85 bits per heavy atom. The van der Waals surface area contributed by atoms with Crippen LogP contribution in [0.4, 0.5) is 0 Å². The highest BCUT2D eigenvalue weighted by atomic mass is 32.2. The number of aliphatic imine (C=N–C) groups is 1. The Labute approximate surface area is 211 Å². The number of carbonyl (C=O) groups is 2. The molecule has 0 bridgehead atoms. The van der Waals surface area contributed by atoms with E-state index in [1.54, 1.807) is 13.2 Å². The van der Waals surface area contributed by atoms with Crippen LogP contribution in [0.15, 0.2) is 40.4 Å². The summed E-state index contributed by atoms with van der Waals surface area (Å²) in [5.41, 5.74) is 1.52. The average molecular weight is 493 g/mol. The van der Waals surface area contributed by atoms with Crippen LogP contribution in [-0.2, 0) is 19.1 Å². The van der Waals surface area contributed by atoms with Crippen molar-refractivity contribution in [1.29, 1.82) is 0 Å². The molecule has 0 aliphatic rings. The van der Waals surface area contributed by atoms with Gasteiger partial charge in [0.05, 0.1) is 7.11 Å². The van der Waals surface area contributed by atoms with E-state index in [4.69, 9.17) is 9.47 Å². The van der Waals surface area contributed by atoms with Crippen molar-refractivity contribution < 1.29 is 19.1 Å². The monoisotopic (exact) mass is 492 g/mol. The van der Waals surface area contributed by atoms with Crippen molar-refractivity contribution in [3.05, 3.63) is 41.6 Å². The second-order valence-corrected chi connectivity index (χ2v) is 9.97. The number of ether oxygens (including phenoxy) is 2. The van der Waals surface area contributed by atoms with Gasteiger partial charge in [-0.05, 0) is 64.8 Å². The fourth-order valence-corrected chi connectivity index (χ4v) is 3.95. The molecule has 1 unspecified atom stereocenters. The number of carbonyl (C=O) groups excluding carboxylic acids is 2. The van der Waals surface area contributed by atoms with E-state index in [1.807, 2.05) is 65.5 Å². The third-order valence-corrected chi connectivity index (χ3v) is 5.64. The maximum absolute atomic E-state index is 12.3. The summed E-state index contributed by atoms with van der Waals surface area (Å²) in [4.78, 5) is 31.5. The summed E-state index contributed by atoms with van der Waals surface area (Å²) in [6.07, 6.45) is 6.34. The van der Waals surface area contributed by atoms with Gasteiger partial charge in [-0.25, -0.2) is 4.79 Å². The Hall–Kier alpha value is -2.28. The first kappa shape index (κ1) is 31.7. The molecule has 0 amide bonds. The number of hydrogen-bond donors (Lipinski definition) is 0. The predicted molar refractivity (Wildman–Crippen MR) is 144 cm³/mol. The molecule has 0 aliphatic carbocycles. The summed E-state index contributed by atoms with van der Waals surface area (Å²) < 4.78 is 10.2. The SMILES string of the molecule is CC.CCCCCN(/C=C/C(=O)OC)C(=NC)c1ccc(SC(C)C(=O)OC(C)(C)C)cc1C. The molecule has 0 spiro atoms. The van der Waals surface area contributed by atoms with Gasteiger partial charge in [0, 0.05) is 36.3 Å². The molecule has 0 saturated heterocycles. The number of nitrogens with zero attached hydrogens (tertiary/aromatic N) is 2. The van der Waals surface area contributed by atoms with E-state index in [-0.39, 0.29) is 11.2 Å². The van der Waals surface area contributed by atoms with Crippen molar-refractivity contribution in [2.75, 3.05) is 20.7 Å². The third kappa shape index (κ3) is 11.7. The van der Waals surface area contributed by atoms with Crippen molar-refractivity contribution in [1.82, 2.24) is 4.90 Å². The number of unbranched alkanes of at least 4 members (excludes halogenated alkanes) is 2. The first-order valence-electron chi connectivity index (χ1n) is 12.0. The van der Waals surface area contributed by atoms with Crippen molar-refractivity contribution in [2.45, 2.75) is 90.4 Å². The highest BCUT2D eigenvalue weighted by Crippen LogP contribution is 2.28. The quantitative estimate of drug-likeness (QED) is 0.0940. The number of hydrogen-bond acceptors (Lipinski definition) is 6. The molecule has 0 aromatic heterocycles. The molecule has 7 heteroatoms. The van der Waals surface area contributed by atoms with Crippen LogP contribution < -0.4 is 0 Å². The fourth-order valence-electron chi connectivity index (χ4n) is 3.00. The van der Waals surface area contributed by atoms with E-state index in [2.05, 4.69) is 18.0 Å². The molecule has 0 saturated carbocycles. The van der Waals surface area contributed by atoms with Crippen LogP contribution in [0.1, 0.15) is 78.9 Å². The molecule has 1 aromatic carbocycles. The van der Waals surface area contributed by atoms with Crippen molar-refractivity contribution >= 4 is 29.5 Å². The van der Waals surface area contributed by atoms with Crippen LogP contribution in [0.2, 0.25) is 0 Å². The Morgan fingerprint density at radius 3 is 2.35 bits per heavy atom. The molecule has 1 atom stereocenters. The normalized spacial score (nSPS) is 12.6. The van der Waals surface area contributed by atoms with Gasteiger partial charge in [-0.2, -0.15) is 0 Å². The Morgan fingerprint density at radius 1 is 1.21 bits per heavy atom.